The van der Waals surface area contributed by atoms with Gasteiger partial charge in [0.25, 0.3) is 5.56 Å². The van der Waals surface area contributed by atoms with Gasteiger partial charge in [-0.05, 0) is 62.1 Å². The van der Waals surface area contributed by atoms with E-state index in [-0.39, 0.29) is 40.7 Å². The molecule has 5 aromatic rings. The van der Waals surface area contributed by atoms with Gasteiger partial charge in [0.1, 0.15) is 17.2 Å². The number of aromatic nitrogens is 4. The molecule has 1 aliphatic heterocycles. The Labute approximate surface area is 266 Å². The van der Waals surface area contributed by atoms with E-state index >= 15 is 0 Å². The number of nitrogens with zero attached hydrogens (tertiary/aromatic N) is 3. The van der Waals surface area contributed by atoms with E-state index in [0.717, 1.165) is 64.2 Å². The maximum atomic E-state index is 14.1. The molecule has 0 aliphatic carbocycles. The molecule has 2 aromatic heterocycles. The molecular formula is C33H33N4NaO4. The van der Waals surface area contributed by atoms with Gasteiger partial charge in [-0.15, -0.1) is 0 Å². The number of H-pyrrole nitrogens is 1. The van der Waals surface area contributed by atoms with E-state index in [1.54, 1.807) is 4.57 Å². The Bertz CT molecular complexity index is 1870. The van der Waals surface area contributed by atoms with Gasteiger partial charge in [0.05, 0.1) is 11.4 Å². The first-order chi connectivity index (χ1) is 19.7. The number of hydrogen-bond donors (Lipinski definition) is 1. The van der Waals surface area contributed by atoms with Crippen LogP contribution < -0.4 is 16.1 Å². The Balaban J connectivity index is 0.00000353. The van der Waals surface area contributed by atoms with Crippen molar-refractivity contribution in [3.05, 3.63) is 116 Å². The number of nitrogens with one attached hydrogen (secondary N) is 1. The minimum absolute atomic E-state index is 0. The summed E-state index contributed by atoms with van der Waals surface area (Å²) in [7, 11) is 0. The Morgan fingerprint density at radius 2 is 1.74 bits per heavy atom. The first kappa shape index (κ1) is 29.8. The summed E-state index contributed by atoms with van der Waals surface area (Å²) in [5.41, 5.74) is 6.83. The van der Waals surface area contributed by atoms with Gasteiger partial charge in [-0.3, -0.25) is 18.9 Å². The molecule has 1 N–H and O–H groups in total. The molecule has 0 bridgehead atoms. The first-order valence-electron chi connectivity index (χ1n) is 13.9. The summed E-state index contributed by atoms with van der Waals surface area (Å²) in [6.45, 7) is 8.14. The third-order valence-corrected chi connectivity index (χ3v) is 7.49. The average molecular weight is 573 g/mol. The fraction of sp³-hybridized carbons (Fsp3) is 0.273. The number of benzene rings is 3. The molecule has 6 rings (SSSR count). The molecule has 0 atom stereocenters. The van der Waals surface area contributed by atoms with Gasteiger partial charge in [-0.25, -0.2) is 9.78 Å². The Hall–Kier alpha value is -3.72. The van der Waals surface area contributed by atoms with E-state index in [4.69, 9.17) is 14.2 Å². The minimum atomic E-state index is -0.595. The quantitative estimate of drug-likeness (QED) is 0.270. The van der Waals surface area contributed by atoms with E-state index in [9.17, 15) is 9.59 Å². The second kappa shape index (κ2) is 11.9. The van der Waals surface area contributed by atoms with E-state index in [1.807, 2.05) is 67.6 Å². The van der Waals surface area contributed by atoms with Gasteiger partial charge in [-0.2, -0.15) is 0 Å². The predicted molar refractivity (Wildman–Crippen MR) is 165 cm³/mol. The predicted octanol–water partition coefficient (Wildman–Crippen LogP) is 5.16. The van der Waals surface area contributed by atoms with E-state index in [2.05, 4.69) is 37.0 Å². The van der Waals surface area contributed by atoms with Crippen LogP contribution in [0.15, 0.2) is 80.8 Å². The summed E-state index contributed by atoms with van der Waals surface area (Å²) in [6, 6.07) is 21.7. The van der Waals surface area contributed by atoms with Crippen LogP contribution in [0.5, 0.6) is 5.75 Å². The van der Waals surface area contributed by atoms with Crippen LogP contribution in [0.3, 0.4) is 0 Å². The van der Waals surface area contributed by atoms with Crippen LogP contribution in [0.25, 0.3) is 28.2 Å². The number of rotatable bonds is 7. The van der Waals surface area contributed by atoms with Crippen LogP contribution in [0, 0.1) is 6.92 Å². The van der Waals surface area contributed by atoms with Crippen molar-refractivity contribution in [2.75, 3.05) is 0 Å². The second-order valence-electron chi connectivity index (χ2n) is 11.2. The van der Waals surface area contributed by atoms with Gasteiger partial charge >= 0.3 is 35.3 Å². The fourth-order valence-electron chi connectivity index (χ4n) is 5.67. The molecule has 0 amide bonds. The molecule has 0 radical (unpaired) electrons. The van der Waals surface area contributed by atoms with Gasteiger partial charge in [0.2, 0.25) is 0 Å². The molecule has 0 spiro atoms. The van der Waals surface area contributed by atoms with Gasteiger partial charge in [0.15, 0.2) is 5.82 Å². The molecule has 3 heterocycles. The van der Waals surface area contributed by atoms with Crippen molar-refractivity contribution in [1.82, 2.24) is 19.7 Å². The number of aromatic amines is 1. The van der Waals surface area contributed by atoms with Gasteiger partial charge in [0, 0.05) is 29.5 Å². The molecular weight excluding hydrogens is 539 g/mol. The van der Waals surface area contributed by atoms with Gasteiger partial charge in [-0.1, -0.05) is 67.0 Å². The summed E-state index contributed by atoms with van der Waals surface area (Å²) in [5, 5.41) is 3.85. The zero-order chi connectivity index (χ0) is 28.7. The number of fused-ring (bicyclic) bond motifs is 1. The second-order valence-corrected chi connectivity index (χ2v) is 11.2. The summed E-state index contributed by atoms with van der Waals surface area (Å²) in [4.78, 5) is 33.1. The number of ether oxygens (including phenoxy) is 1. The van der Waals surface area contributed by atoms with Crippen LogP contribution in [0.1, 0.15) is 55.4 Å². The van der Waals surface area contributed by atoms with Crippen LogP contribution >= 0.6 is 0 Å². The number of hydrogen-bond acceptors (Lipinski definition) is 6. The Kier molecular flexibility index (Phi) is 8.42. The summed E-state index contributed by atoms with van der Waals surface area (Å²) in [6.07, 6.45) is 2.90. The Morgan fingerprint density at radius 1 is 1.00 bits per heavy atom. The summed E-state index contributed by atoms with van der Waals surface area (Å²) < 4.78 is 12.5. The van der Waals surface area contributed by atoms with Crippen molar-refractivity contribution in [3.63, 3.8) is 0 Å². The molecule has 42 heavy (non-hydrogen) atoms. The van der Waals surface area contributed by atoms with Crippen molar-refractivity contribution >= 4 is 29.6 Å². The van der Waals surface area contributed by atoms with Gasteiger partial charge < -0.3 is 4.74 Å². The maximum absolute atomic E-state index is 14.1. The molecule has 0 saturated heterocycles. The Morgan fingerprint density at radius 3 is 2.43 bits per heavy atom. The van der Waals surface area contributed by atoms with Crippen molar-refractivity contribution < 1.29 is 9.26 Å². The topological polar surface area (TPSA) is 103 Å². The fourth-order valence-corrected chi connectivity index (χ4v) is 5.67. The SMILES string of the molecule is CCCc1nc(C)n(-c2ccc3c(c2)CC(C)(C)O3)c(=O)c1Cc1ccc(-c2ccccc2-c2noc(=O)[nH]2)cc1.[NaH]. The average Bonchev–Trinajstić information content (AvgIpc) is 3.52. The summed E-state index contributed by atoms with van der Waals surface area (Å²) in [5.74, 6) is 1.34. The molecule has 0 saturated carbocycles. The van der Waals surface area contributed by atoms with Crippen LogP contribution in [0.4, 0.5) is 0 Å². The van der Waals surface area contributed by atoms with E-state index in [1.165, 1.54) is 0 Å². The standard InChI is InChI=1S/C33H32N4O4.Na.H/c1-5-8-28-27(31(38)37(20(2)34-28)24-15-16-29-23(18-24)19-33(3,4)40-29)17-21-11-13-22(14-12-21)25-9-6-7-10-26(25)30-35-32(39)41-36-30;;/h6-7,9-16,18H,5,8,17,19H2,1-4H3,(H,35,36,39);;. The van der Waals surface area contributed by atoms with Crippen LogP contribution in [-0.2, 0) is 19.3 Å². The monoisotopic (exact) mass is 572 g/mol. The summed E-state index contributed by atoms with van der Waals surface area (Å²) >= 11 is 0. The van der Waals surface area contributed by atoms with E-state index in [0.29, 0.717) is 23.6 Å². The molecule has 8 nitrogen and oxygen atoms in total. The third kappa shape index (κ3) is 5.79. The van der Waals surface area contributed by atoms with E-state index < -0.39 is 5.76 Å². The number of aryl methyl sites for hydroxylation is 2. The van der Waals surface area contributed by atoms with Crippen LogP contribution in [-0.4, -0.2) is 54.9 Å². The molecule has 0 fully saturated rings. The zero-order valence-corrected chi connectivity index (χ0v) is 23.7. The first-order valence-corrected chi connectivity index (χ1v) is 13.9. The molecule has 210 valence electrons. The van der Waals surface area contributed by atoms with Crippen molar-refractivity contribution in [2.45, 2.75) is 59.0 Å². The third-order valence-electron chi connectivity index (χ3n) is 7.49. The van der Waals surface area contributed by atoms with Crippen molar-refractivity contribution in [3.8, 4) is 34.0 Å². The normalized spacial score (nSPS) is 13.3. The molecule has 0 unspecified atom stereocenters. The molecule has 3 aromatic carbocycles. The molecule has 1 aliphatic rings. The van der Waals surface area contributed by atoms with Crippen molar-refractivity contribution in [1.29, 1.82) is 0 Å². The van der Waals surface area contributed by atoms with Crippen LogP contribution in [0.2, 0.25) is 0 Å². The molecule has 9 heteroatoms. The zero-order valence-electron chi connectivity index (χ0n) is 23.7. The van der Waals surface area contributed by atoms with Crippen molar-refractivity contribution in [2.24, 2.45) is 0 Å².